The van der Waals surface area contributed by atoms with Crippen LogP contribution in [0.3, 0.4) is 0 Å². The Balaban J connectivity index is 2.44. The van der Waals surface area contributed by atoms with Gasteiger partial charge in [-0.2, -0.15) is 0 Å². The van der Waals surface area contributed by atoms with Gasteiger partial charge in [-0.25, -0.2) is 4.98 Å². The Hall–Kier alpha value is -2.10. The number of rotatable bonds is 2. The molecule has 0 atom stereocenters. The SMILES string of the molecule is CC(=O)Oc1oc(C)nc1-c1ccccc1. The normalized spacial score (nSPS) is 10.1. The van der Waals surface area contributed by atoms with Crippen molar-refractivity contribution in [3.8, 4) is 17.2 Å². The van der Waals surface area contributed by atoms with Crippen molar-refractivity contribution < 1.29 is 13.9 Å². The highest BCUT2D eigenvalue weighted by molar-refractivity contribution is 5.72. The van der Waals surface area contributed by atoms with E-state index in [9.17, 15) is 4.79 Å². The van der Waals surface area contributed by atoms with Crippen LogP contribution < -0.4 is 4.74 Å². The molecule has 0 aliphatic heterocycles. The lowest BCUT2D eigenvalue weighted by Gasteiger charge is -1.99. The highest BCUT2D eigenvalue weighted by atomic mass is 16.6. The van der Waals surface area contributed by atoms with E-state index < -0.39 is 5.97 Å². The van der Waals surface area contributed by atoms with Gasteiger partial charge in [-0.1, -0.05) is 30.3 Å². The number of oxazole rings is 1. The molecule has 0 aliphatic carbocycles. The first-order valence-corrected chi connectivity index (χ1v) is 4.88. The Bertz CT molecular complexity index is 502. The lowest BCUT2D eigenvalue weighted by Crippen LogP contribution is -2.01. The molecule has 0 bridgehead atoms. The third kappa shape index (κ3) is 2.11. The first kappa shape index (κ1) is 10.4. The lowest BCUT2D eigenvalue weighted by molar-refractivity contribution is -0.133. The van der Waals surface area contributed by atoms with E-state index in [-0.39, 0.29) is 5.95 Å². The predicted octanol–water partition coefficient (Wildman–Crippen LogP) is 2.58. The number of aromatic nitrogens is 1. The standard InChI is InChI=1S/C12H11NO3/c1-8-13-11(10-6-4-3-5-7-10)12(15-8)16-9(2)14/h3-7H,1-2H3. The number of hydrogen-bond acceptors (Lipinski definition) is 4. The van der Waals surface area contributed by atoms with Crippen LogP contribution >= 0.6 is 0 Å². The van der Waals surface area contributed by atoms with E-state index in [1.165, 1.54) is 6.92 Å². The van der Waals surface area contributed by atoms with E-state index in [2.05, 4.69) is 4.98 Å². The number of esters is 1. The van der Waals surface area contributed by atoms with Crippen molar-refractivity contribution in [1.82, 2.24) is 4.98 Å². The molecule has 0 radical (unpaired) electrons. The molecule has 4 nitrogen and oxygen atoms in total. The zero-order chi connectivity index (χ0) is 11.5. The minimum absolute atomic E-state index is 0.149. The Labute approximate surface area is 92.9 Å². The molecule has 0 spiro atoms. The quantitative estimate of drug-likeness (QED) is 0.725. The minimum Gasteiger partial charge on any atom is -0.410 e. The average molecular weight is 217 g/mol. The van der Waals surface area contributed by atoms with E-state index in [4.69, 9.17) is 9.15 Å². The van der Waals surface area contributed by atoms with Gasteiger partial charge in [0.15, 0.2) is 11.6 Å². The molecular formula is C12H11NO3. The summed E-state index contributed by atoms with van der Waals surface area (Å²) in [6.45, 7) is 3.03. The van der Waals surface area contributed by atoms with Crippen LogP contribution in [-0.2, 0) is 4.79 Å². The van der Waals surface area contributed by atoms with Crippen LogP contribution in [-0.4, -0.2) is 11.0 Å². The van der Waals surface area contributed by atoms with Crippen molar-refractivity contribution >= 4 is 5.97 Å². The average Bonchev–Trinajstić information content (AvgIpc) is 2.60. The molecule has 0 fully saturated rings. The largest absolute Gasteiger partial charge is 0.410 e. The maximum absolute atomic E-state index is 10.9. The van der Waals surface area contributed by atoms with Gasteiger partial charge in [0.25, 0.3) is 0 Å². The van der Waals surface area contributed by atoms with Crippen molar-refractivity contribution in [2.45, 2.75) is 13.8 Å². The van der Waals surface area contributed by atoms with E-state index in [0.29, 0.717) is 11.6 Å². The van der Waals surface area contributed by atoms with Gasteiger partial charge in [0, 0.05) is 19.4 Å². The first-order chi connectivity index (χ1) is 7.66. The number of carbonyl (C=O) groups excluding carboxylic acids is 1. The summed E-state index contributed by atoms with van der Waals surface area (Å²) in [5.74, 6) is 0.194. The van der Waals surface area contributed by atoms with Crippen LogP contribution in [0, 0.1) is 6.92 Å². The lowest BCUT2D eigenvalue weighted by atomic mass is 10.2. The van der Waals surface area contributed by atoms with E-state index in [1.807, 2.05) is 30.3 Å². The first-order valence-electron chi connectivity index (χ1n) is 4.88. The highest BCUT2D eigenvalue weighted by Gasteiger charge is 2.15. The number of hydrogen-bond donors (Lipinski definition) is 0. The summed E-state index contributed by atoms with van der Waals surface area (Å²) in [6.07, 6.45) is 0. The van der Waals surface area contributed by atoms with Crippen molar-refractivity contribution in [1.29, 1.82) is 0 Å². The Kier molecular flexibility index (Phi) is 2.72. The monoisotopic (exact) mass is 217 g/mol. The van der Waals surface area contributed by atoms with Gasteiger partial charge in [-0.05, 0) is 0 Å². The molecule has 0 aliphatic rings. The molecule has 0 saturated heterocycles. The summed E-state index contributed by atoms with van der Waals surface area (Å²) in [7, 11) is 0. The second-order valence-corrected chi connectivity index (χ2v) is 3.33. The fraction of sp³-hybridized carbons (Fsp3) is 0.167. The van der Waals surface area contributed by atoms with Gasteiger partial charge in [0.05, 0.1) is 0 Å². The fourth-order valence-corrected chi connectivity index (χ4v) is 1.39. The molecule has 4 heteroatoms. The summed E-state index contributed by atoms with van der Waals surface area (Å²) in [5, 5.41) is 0. The fourth-order valence-electron chi connectivity index (χ4n) is 1.39. The number of nitrogens with zero attached hydrogens (tertiary/aromatic N) is 1. The number of aryl methyl sites for hydroxylation is 1. The second kappa shape index (κ2) is 4.18. The topological polar surface area (TPSA) is 52.3 Å². The molecule has 16 heavy (non-hydrogen) atoms. The van der Waals surface area contributed by atoms with Crippen LogP contribution in [0.25, 0.3) is 11.3 Å². The van der Waals surface area contributed by atoms with Crippen LogP contribution in [0.5, 0.6) is 5.95 Å². The molecule has 2 aromatic rings. The molecule has 0 saturated carbocycles. The Morgan fingerprint density at radius 2 is 2.00 bits per heavy atom. The maximum atomic E-state index is 10.9. The molecular weight excluding hydrogens is 206 g/mol. The smallest absolute Gasteiger partial charge is 0.321 e. The van der Waals surface area contributed by atoms with Crippen LogP contribution in [0.4, 0.5) is 0 Å². The third-order valence-corrected chi connectivity index (χ3v) is 1.99. The molecule has 0 N–H and O–H groups in total. The number of ether oxygens (including phenoxy) is 1. The van der Waals surface area contributed by atoms with Crippen LogP contribution in [0.1, 0.15) is 12.8 Å². The summed E-state index contributed by atoms with van der Waals surface area (Å²) >= 11 is 0. The Morgan fingerprint density at radius 1 is 1.31 bits per heavy atom. The summed E-state index contributed by atoms with van der Waals surface area (Å²) < 4.78 is 10.2. The van der Waals surface area contributed by atoms with Crippen molar-refractivity contribution in [2.24, 2.45) is 0 Å². The highest BCUT2D eigenvalue weighted by Crippen LogP contribution is 2.30. The summed E-state index contributed by atoms with van der Waals surface area (Å²) in [5.41, 5.74) is 1.41. The minimum atomic E-state index is -0.423. The van der Waals surface area contributed by atoms with Crippen LogP contribution in [0.15, 0.2) is 34.7 Å². The second-order valence-electron chi connectivity index (χ2n) is 3.33. The number of benzene rings is 1. The summed E-state index contributed by atoms with van der Waals surface area (Å²) in [4.78, 5) is 15.1. The molecule has 2 rings (SSSR count). The van der Waals surface area contributed by atoms with Gasteiger partial charge in [-0.3, -0.25) is 4.79 Å². The molecule has 1 heterocycles. The van der Waals surface area contributed by atoms with E-state index in [1.54, 1.807) is 6.92 Å². The van der Waals surface area contributed by atoms with E-state index in [0.717, 1.165) is 5.56 Å². The van der Waals surface area contributed by atoms with Crippen molar-refractivity contribution in [3.63, 3.8) is 0 Å². The van der Waals surface area contributed by atoms with Gasteiger partial charge < -0.3 is 9.15 Å². The van der Waals surface area contributed by atoms with Crippen LogP contribution in [0.2, 0.25) is 0 Å². The molecule has 82 valence electrons. The van der Waals surface area contributed by atoms with Crippen molar-refractivity contribution in [2.75, 3.05) is 0 Å². The van der Waals surface area contributed by atoms with Crippen molar-refractivity contribution in [3.05, 3.63) is 36.2 Å². The van der Waals surface area contributed by atoms with Gasteiger partial charge in [0.1, 0.15) is 0 Å². The van der Waals surface area contributed by atoms with Gasteiger partial charge in [-0.15, -0.1) is 0 Å². The predicted molar refractivity (Wildman–Crippen MR) is 58.0 cm³/mol. The van der Waals surface area contributed by atoms with E-state index >= 15 is 0 Å². The van der Waals surface area contributed by atoms with Gasteiger partial charge in [0.2, 0.25) is 0 Å². The Morgan fingerprint density at radius 3 is 2.62 bits per heavy atom. The zero-order valence-electron chi connectivity index (χ0n) is 9.06. The summed E-state index contributed by atoms with van der Waals surface area (Å²) in [6, 6.07) is 9.43. The molecule has 1 aromatic carbocycles. The third-order valence-electron chi connectivity index (χ3n) is 1.99. The van der Waals surface area contributed by atoms with Gasteiger partial charge >= 0.3 is 11.9 Å². The number of carbonyl (C=O) groups is 1. The maximum Gasteiger partial charge on any atom is 0.321 e. The zero-order valence-corrected chi connectivity index (χ0v) is 9.06. The molecule has 0 unspecified atom stereocenters. The molecule has 1 aromatic heterocycles. The molecule has 0 amide bonds.